The molecule has 0 aliphatic rings. The van der Waals surface area contributed by atoms with Crippen molar-refractivity contribution in [3.63, 3.8) is 0 Å². The third-order valence-corrected chi connectivity index (χ3v) is 13.5. The number of unbranched alkanes of at least 4 members (excludes halogenated alkanes) is 36. The fourth-order valence-electron chi connectivity index (χ4n) is 8.97. The smallest absolute Gasteiger partial charge is 0.306 e. The van der Waals surface area contributed by atoms with E-state index in [2.05, 4.69) is 81.5 Å². The molecule has 0 amide bonds. The summed E-state index contributed by atoms with van der Waals surface area (Å²) in [5.74, 6) is -0.408. The van der Waals surface area contributed by atoms with E-state index in [4.69, 9.17) is 14.2 Å². The Bertz CT molecular complexity index is 1200. The first kappa shape index (κ1) is 67.6. The van der Waals surface area contributed by atoms with Gasteiger partial charge in [-0.1, -0.05) is 281 Å². The van der Waals surface area contributed by atoms with Crippen LogP contribution in [0.1, 0.15) is 316 Å². The Morgan fingerprint density at radius 2 is 0.643 bits per heavy atom. The number of rotatable bonds is 57. The van der Waals surface area contributed by atoms with E-state index in [0.29, 0.717) is 19.4 Å². The first-order valence-electron chi connectivity index (χ1n) is 30.8. The molecule has 0 aromatic rings. The minimum atomic E-state index is -0.546. The lowest BCUT2D eigenvalue weighted by atomic mass is 10.0. The zero-order valence-corrected chi connectivity index (χ0v) is 47.0. The standard InChI is InChI=1S/C65H118O5/c1-4-7-10-13-16-19-22-25-28-30-32-34-36-39-42-45-48-51-54-57-60-68-61-63(70-65(67)59-56-53-50-47-44-41-37-27-24-21-18-15-12-9-6-3)62-69-64(66)58-55-52-49-46-43-40-38-35-33-31-29-26-23-20-17-14-11-8-5-2/h8,11,17,20,26-27,29,33,35,37,63H,4-7,9-10,12-16,18-19,21-25,28,30-32,34,36,38-62H2,1-3H3/b11-8-,20-17-,29-26-,35-33-,37-27-. The molecular formula is C65H118O5. The summed E-state index contributed by atoms with van der Waals surface area (Å²) in [7, 11) is 0. The normalized spacial score (nSPS) is 12.6. The minimum absolute atomic E-state index is 0.0769. The van der Waals surface area contributed by atoms with Gasteiger partial charge in [-0.05, 0) is 83.5 Å². The Morgan fingerprint density at radius 3 is 1.04 bits per heavy atom. The van der Waals surface area contributed by atoms with Crippen molar-refractivity contribution in [2.75, 3.05) is 19.8 Å². The van der Waals surface area contributed by atoms with Gasteiger partial charge in [-0.3, -0.25) is 9.59 Å². The largest absolute Gasteiger partial charge is 0.462 e. The Hall–Kier alpha value is -2.40. The zero-order chi connectivity index (χ0) is 50.6. The quantitative estimate of drug-likeness (QED) is 0.0345. The van der Waals surface area contributed by atoms with Crippen LogP contribution in [0.3, 0.4) is 0 Å². The monoisotopic (exact) mass is 979 g/mol. The maximum Gasteiger partial charge on any atom is 0.306 e. The summed E-state index contributed by atoms with van der Waals surface area (Å²) in [4.78, 5) is 25.6. The van der Waals surface area contributed by atoms with Gasteiger partial charge in [-0.25, -0.2) is 0 Å². The Morgan fingerprint density at radius 1 is 0.329 bits per heavy atom. The molecule has 0 saturated carbocycles. The van der Waals surface area contributed by atoms with E-state index < -0.39 is 6.10 Å². The molecule has 0 rings (SSSR count). The molecular weight excluding hydrogens is 861 g/mol. The molecule has 0 aliphatic heterocycles. The van der Waals surface area contributed by atoms with E-state index in [-0.39, 0.29) is 25.2 Å². The highest BCUT2D eigenvalue weighted by molar-refractivity contribution is 5.70. The maximum atomic E-state index is 12.9. The van der Waals surface area contributed by atoms with Gasteiger partial charge in [-0.15, -0.1) is 0 Å². The number of carbonyl (C=O) groups is 2. The van der Waals surface area contributed by atoms with Crippen molar-refractivity contribution in [2.24, 2.45) is 0 Å². The number of allylic oxidation sites excluding steroid dienone is 10. The van der Waals surface area contributed by atoms with Crippen LogP contribution in [-0.4, -0.2) is 37.9 Å². The molecule has 0 aliphatic carbocycles. The van der Waals surface area contributed by atoms with Crippen molar-refractivity contribution < 1.29 is 23.8 Å². The lowest BCUT2D eigenvalue weighted by molar-refractivity contribution is -0.163. The van der Waals surface area contributed by atoms with Crippen LogP contribution in [0.25, 0.3) is 0 Å². The van der Waals surface area contributed by atoms with Gasteiger partial charge >= 0.3 is 11.9 Å². The van der Waals surface area contributed by atoms with Crippen molar-refractivity contribution in [3.8, 4) is 0 Å². The second kappa shape index (κ2) is 60.9. The van der Waals surface area contributed by atoms with Gasteiger partial charge in [0.05, 0.1) is 6.61 Å². The van der Waals surface area contributed by atoms with E-state index in [9.17, 15) is 9.59 Å². The van der Waals surface area contributed by atoms with Gasteiger partial charge < -0.3 is 14.2 Å². The fourth-order valence-corrected chi connectivity index (χ4v) is 8.97. The molecule has 0 bridgehead atoms. The number of esters is 2. The molecule has 1 atom stereocenters. The number of carbonyl (C=O) groups excluding carboxylic acids is 2. The van der Waals surface area contributed by atoms with Gasteiger partial charge in [0.25, 0.3) is 0 Å². The van der Waals surface area contributed by atoms with Crippen LogP contribution in [0.5, 0.6) is 0 Å². The lowest BCUT2D eigenvalue weighted by Crippen LogP contribution is -2.30. The first-order chi connectivity index (χ1) is 34.6. The third-order valence-electron chi connectivity index (χ3n) is 13.5. The summed E-state index contributed by atoms with van der Waals surface area (Å²) < 4.78 is 17.5. The average Bonchev–Trinajstić information content (AvgIpc) is 3.36. The van der Waals surface area contributed by atoms with E-state index in [1.165, 1.54) is 199 Å². The van der Waals surface area contributed by atoms with Crippen LogP contribution in [0.2, 0.25) is 0 Å². The minimum Gasteiger partial charge on any atom is -0.462 e. The molecule has 0 heterocycles. The summed E-state index contributed by atoms with van der Waals surface area (Å²) in [6.45, 7) is 7.74. The highest BCUT2D eigenvalue weighted by Crippen LogP contribution is 2.17. The third kappa shape index (κ3) is 58.2. The summed E-state index contributed by atoms with van der Waals surface area (Å²) >= 11 is 0. The summed E-state index contributed by atoms with van der Waals surface area (Å²) in [6, 6.07) is 0. The summed E-state index contributed by atoms with van der Waals surface area (Å²) in [5, 5.41) is 0. The topological polar surface area (TPSA) is 61.8 Å². The number of hydrogen-bond donors (Lipinski definition) is 0. The number of hydrogen-bond acceptors (Lipinski definition) is 5. The van der Waals surface area contributed by atoms with Crippen molar-refractivity contribution in [1.29, 1.82) is 0 Å². The van der Waals surface area contributed by atoms with Gasteiger partial charge in [-0.2, -0.15) is 0 Å². The van der Waals surface area contributed by atoms with Crippen LogP contribution < -0.4 is 0 Å². The van der Waals surface area contributed by atoms with Crippen molar-refractivity contribution in [2.45, 2.75) is 322 Å². The predicted molar refractivity (Wildman–Crippen MR) is 307 cm³/mol. The van der Waals surface area contributed by atoms with Crippen LogP contribution >= 0.6 is 0 Å². The van der Waals surface area contributed by atoms with Crippen LogP contribution in [0, 0.1) is 0 Å². The molecule has 0 aromatic carbocycles. The van der Waals surface area contributed by atoms with E-state index in [1.54, 1.807) is 0 Å². The Labute approximate surface area is 436 Å². The van der Waals surface area contributed by atoms with E-state index >= 15 is 0 Å². The molecule has 0 radical (unpaired) electrons. The van der Waals surface area contributed by atoms with E-state index in [0.717, 1.165) is 83.5 Å². The SMILES string of the molecule is CC/C=C\C/C=C\C/C=C\C/C=C\CCCCCCCCC(=O)OCC(COCCCCCCCCCCCCCCCCCCCCCC)OC(=O)CCCCCCC/C=C\CCCCCCCC. The molecule has 0 spiro atoms. The lowest BCUT2D eigenvalue weighted by Gasteiger charge is -2.18. The molecule has 0 aromatic heterocycles. The Balaban J connectivity index is 4.26. The summed E-state index contributed by atoms with van der Waals surface area (Å²) in [6.07, 6.45) is 78.2. The first-order valence-corrected chi connectivity index (χ1v) is 30.8. The molecule has 0 saturated heterocycles. The van der Waals surface area contributed by atoms with Crippen molar-refractivity contribution >= 4 is 11.9 Å². The van der Waals surface area contributed by atoms with Gasteiger partial charge in [0, 0.05) is 19.4 Å². The second-order valence-corrected chi connectivity index (χ2v) is 20.6. The molecule has 70 heavy (non-hydrogen) atoms. The van der Waals surface area contributed by atoms with Gasteiger partial charge in [0.15, 0.2) is 6.10 Å². The van der Waals surface area contributed by atoms with Gasteiger partial charge in [0.1, 0.15) is 6.61 Å². The van der Waals surface area contributed by atoms with Crippen LogP contribution in [-0.2, 0) is 23.8 Å². The Kier molecular flexibility index (Phi) is 58.8. The zero-order valence-electron chi connectivity index (χ0n) is 47.0. The van der Waals surface area contributed by atoms with Crippen LogP contribution in [0.15, 0.2) is 60.8 Å². The second-order valence-electron chi connectivity index (χ2n) is 20.6. The van der Waals surface area contributed by atoms with Crippen molar-refractivity contribution in [3.05, 3.63) is 60.8 Å². The van der Waals surface area contributed by atoms with Gasteiger partial charge in [0.2, 0.25) is 0 Å². The molecule has 1 unspecified atom stereocenters. The molecule has 408 valence electrons. The number of ether oxygens (including phenoxy) is 3. The molecule has 5 heteroatoms. The molecule has 5 nitrogen and oxygen atoms in total. The summed E-state index contributed by atoms with van der Waals surface area (Å²) in [5.41, 5.74) is 0. The highest BCUT2D eigenvalue weighted by Gasteiger charge is 2.17. The highest BCUT2D eigenvalue weighted by atomic mass is 16.6. The average molecular weight is 980 g/mol. The maximum absolute atomic E-state index is 12.9. The molecule has 0 N–H and O–H groups in total. The fraction of sp³-hybridized carbons (Fsp3) is 0.815. The van der Waals surface area contributed by atoms with E-state index in [1.807, 2.05) is 0 Å². The van der Waals surface area contributed by atoms with Crippen molar-refractivity contribution in [1.82, 2.24) is 0 Å². The molecule has 0 fully saturated rings. The van der Waals surface area contributed by atoms with Crippen LogP contribution in [0.4, 0.5) is 0 Å². The predicted octanol–water partition coefficient (Wildman–Crippen LogP) is 21.2.